The van der Waals surface area contributed by atoms with E-state index in [-0.39, 0.29) is 0 Å². The number of azide groups is 1. The Kier molecular flexibility index (Phi) is 4.54. The van der Waals surface area contributed by atoms with Gasteiger partial charge in [-0.15, -0.1) is 0 Å². The molecule has 2 N–H and O–H groups in total. The van der Waals surface area contributed by atoms with E-state index in [0.29, 0.717) is 32.5 Å². The molecular weight excluding hydrogens is 210 g/mol. The normalized spacial score (nSPS) is 25.3. The zero-order valence-electron chi connectivity index (χ0n) is 9.39. The molecule has 0 aromatic rings. The second kappa shape index (κ2) is 5.69. The Morgan fingerprint density at radius 2 is 2.50 bits per heavy atom. The number of hydrogen-bond acceptors (Lipinski definition) is 4. The Bertz CT molecular complexity index is 302. The second-order valence-electron chi connectivity index (χ2n) is 4.11. The molecule has 0 aromatic heterocycles. The van der Waals surface area contributed by atoms with Crippen LogP contribution >= 0.6 is 0 Å². The van der Waals surface area contributed by atoms with Crippen LogP contribution in [-0.4, -0.2) is 54.7 Å². The molecule has 1 atom stereocenters. The van der Waals surface area contributed by atoms with Gasteiger partial charge < -0.3 is 15.3 Å². The van der Waals surface area contributed by atoms with E-state index in [4.69, 9.17) is 5.53 Å². The van der Waals surface area contributed by atoms with Gasteiger partial charge in [0.25, 0.3) is 0 Å². The largest absolute Gasteiger partial charge is 0.480 e. The van der Waals surface area contributed by atoms with Crippen LogP contribution in [0.3, 0.4) is 0 Å². The van der Waals surface area contributed by atoms with Crippen LogP contribution in [0.25, 0.3) is 10.4 Å². The molecule has 7 heteroatoms. The van der Waals surface area contributed by atoms with Gasteiger partial charge >= 0.3 is 5.97 Å². The smallest absolute Gasteiger partial charge is 0.325 e. The summed E-state index contributed by atoms with van der Waals surface area (Å²) in [6.07, 6.45) is 1.27. The number of hydrogen-bond donors (Lipinski definition) is 2. The van der Waals surface area contributed by atoms with Crippen molar-refractivity contribution in [3.05, 3.63) is 10.4 Å². The van der Waals surface area contributed by atoms with Gasteiger partial charge in [-0.1, -0.05) is 5.11 Å². The fourth-order valence-corrected chi connectivity index (χ4v) is 1.92. The van der Waals surface area contributed by atoms with Crippen molar-refractivity contribution < 1.29 is 9.90 Å². The molecule has 1 aliphatic rings. The van der Waals surface area contributed by atoms with Crippen molar-refractivity contribution >= 4 is 5.97 Å². The number of likely N-dealkylation sites (tertiary alicyclic amines) is 1. The van der Waals surface area contributed by atoms with Crippen molar-refractivity contribution in [2.75, 3.05) is 33.2 Å². The number of carbonyl (C=O) groups is 1. The summed E-state index contributed by atoms with van der Waals surface area (Å²) >= 11 is 0. The predicted molar refractivity (Wildman–Crippen MR) is 59.1 cm³/mol. The van der Waals surface area contributed by atoms with Crippen LogP contribution < -0.4 is 5.32 Å². The van der Waals surface area contributed by atoms with Gasteiger partial charge in [0, 0.05) is 24.5 Å². The Morgan fingerprint density at radius 3 is 3.00 bits per heavy atom. The summed E-state index contributed by atoms with van der Waals surface area (Å²) in [6.45, 7) is 2.26. The number of nitrogens with zero attached hydrogens (tertiary/aromatic N) is 4. The number of carboxylic acids is 1. The van der Waals surface area contributed by atoms with E-state index in [1.165, 1.54) is 0 Å². The average Bonchev–Trinajstić information content (AvgIpc) is 2.61. The zero-order valence-corrected chi connectivity index (χ0v) is 9.39. The van der Waals surface area contributed by atoms with Crippen LogP contribution in [-0.2, 0) is 4.79 Å². The maximum absolute atomic E-state index is 11.2. The third-order valence-electron chi connectivity index (χ3n) is 2.83. The fraction of sp³-hybridized carbons (Fsp3) is 0.889. The average molecular weight is 227 g/mol. The molecule has 1 heterocycles. The lowest BCUT2D eigenvalue weighted by molar-refractivity contribution is -0.144. The second-order valence-corrected chi connectivity index (χ2v) is 4.11. The molecule has 1 rings (SSSR count). The molecular formula is C9H17N5O2. The summed E-state index contributed by atoms with van der Waals surface area (Å²) < 4.78 is 0. The van der Waals surface area contributed by atoms with E-state index < -0.39 is 11.5 Å². The van der Waals surface area contributed by atoms with Crippen molar-refractivity contribution in [3.8, 4) is 0 Å². The molecule has 0 bridgehead atoms. The first-order valence-electron chi connectivity index (χ1n) is 5.28. The van der Waals surface area contributed by atoms with Gasteiger partial charge in [-0.3, -0.25) is 4.79 Å². The lowest BCUT2D eigenvalue weighted by atomic mass is 9.99. The van der Waals surface area contributed by atoms with Crippen LogP contribution in [0, 0.1) is 0 Å². The molecule has 0 aliphatic carbocycles. The highest BCUT2D eigenvalue weighted by Gasteiger charge is 2.42. The minimum Gasteiger partial charge on any atom is -0.480 e. The minimum atomic E-state index is -0.828. The van der Waals surface area contributed by atoms with E-state index in [1.807, 2.05) is 11.9 Å². The van der Waals surface area contributed by atoms with Gasteiger partial charge in [0.1, 0.15) is 5.54 Å². The Morgan fingerprint density at radius 1 is 1.75 bits per heavy atom. The molecule has 1 saturated heterocycles. The van der Waals surface area contributed by atoms with E-state index >= 15 is 0 Å². The van der Waals surface area contributed by atoms with E-state index in [1.54, 1.807) is 0 Å². The number of aliphatic carboxylic acids is 1. The van der Waals surface area contributed by atoms with Crippen LogP contribution in [0.1, 0.15) is 12.8 Å². The minimum absolute atomic E-state index is 0.398. The molecule has 90 valence electrons. The summed E-state index contributed by atoms with van der Waals surface area (Å²) in [7, 11) is 1.91. The topological polar surface area (TPSA) is 101 Å². The third-order valence-corrected chi connectivity index (χ3v) is 2.83. The van der Waals surface area contributed by atoms with Crippen molar-refractivity contribution in [2.24, 2.45) is 5.11 Å². The molecule has 0 aromatic carbocycles. The van der Waals surface area contributed by atoms with Gasteiger partial charge in [-0.05, 0) is 32.0 Å². The van der Waals surface area contributed by atoms with Crippen LogP contribution in [0.15, 0.2) is 5.11 Å². The summed E-state index contributed by atoms with van der Waals surface area (Å²) in [4.78, 5) is 15.9. The van der Waals surface area contributed by atoms with Crippen molar-refractivity contribution in [3.63, 3.8) is 0 Å². The summed E-state index contributed by atoms with van der Waals surface area (Å²) in [5.41, 5.74) is 7.26. The first-order chi connectivity index (χ1) is 7.60. The SMILES string of the molecule is CN1CCC(NCCCN=[N+]=[N-])(C(=O)O)C1. The molecule has 1 fully saturated rings. The standard InChI is InChI=1S/C9H17N5O2/c1-14-6-3-9(7-14,8(15)16)11-4-2-5-12-13-10/h11H,2-7H2,1H3,(H,15,16). The van der Waals surface area contributed by atoms with Crippen molar-refractivity contribution in [1.29, 1.82) is 0 Å². The summed E-state index contributed by atoms with van der Waals surface area (Å²) in [6, 6.07) is 0. The van der Waals surface area contributed by atoms with E-state index in [2.05, 4.69) is 15.3 Å². The molecule has 0 saturated carbocycles. The predicted octanol–water partition coefficient (Wildman–Crippen LogP) is 0.435. The van der Waals surface area contributed by atoms with E-state index in [9.17, 15) is 9.90 Å². The highest BCUT2D eigenvalue weighted by Crippen LogP contribution is 2.20. The van der Waals surface area contributed by atoms with Crippen molar-refractivity contribution in [2.45, 2.75) is 18.4 Å². The number of nitrogens with one attached hydrogen (secondary N) is 1. The number of rotatable bonds is 6. The van der Waals surface area contributed by atoms with E-state index in [0.717, 1.165) is 6.54 Å². The quantitative estimate of drug-likeness (QED) is 0.297. The molecule has 1 aliphatic heterocycles. The molecule has 7 nitrogen and oxygen atoms in total. The number of likely N-dealkylation sites (N-methyl/N-ethyl adjacent to an activating group) is 1. The Labute approximate surface area is 94.1 Å². The summed E-state index contributed by atoms with van der Waals surface area (Å²) in [5, 5.41) is 15.7. The Balaban J connectivity index is 2.41. The van der Waals surface area contributed by atoms with Gasteiger partial charge in [0.05, 0.1) is 0 Å². The molecule has 0 radical (unpaired) electrons. The van der Waals surface area contributed by atoms with Gasteiger partial charge in [-0.25, -0.2) is 0 Å². The zero-order chi connectivity index (χ0) is 12.0. The summed E-state index contributed by atoms with van der Waals surface area (Å²) in [5.74, 6) is -0.805. The lowest BCUT2D eigenvalue weighted by Crippen LogP contribution is -2.54. The van der Waals surface area contributed by atoms with Gasteiger partial charge in [-0.2, -0.15) is 0 Å². The van der Waals surface area contributed by atoms with Crippen LogP contribution in [0.4, 0.5) is 0 Å². The maximum Gasteiger partial charge on any atom is 0.325 e. The monoisotopic (exact) mass is 227 g/mol. The first kappa shape index (κ1) is 12.8. The van der Waals surface area contributed by atoms with Gasteiger partial charge in [0.15, 0.2) is 0 Å². The van der Waals surface area contributed by atoms with Crippen molar-refractivity contribution in [1.82, 2.24) is 10.2 Å². The van der Waals surface area contributed by atoms with Gasteiger partial charge in [0.2, 0.25) is 0 Å². The van der Waals surface area contributed by atoms with Crippen LogP contribution in [0.2, 0.25) is 0 Å². The first-order valence-corrected chi connectivity index (χ1v) is 5.28. The maximum atomic E-state index is 11.2. The Hall–Kier alpha value is -1.30. The molecule has 1 unspecified atom stereocenters. The number of carboxylic acid groups (broad SMARTS) is 1. The fourth-order valence-electron chi connectivity index (χ4n) is 1.92. The third kappa shape index (κ3) is 3.10. The molecule has 0 amide bonds. The molecule has 16 heavy (non-hydrogen) atoms. The highest BCUT2D eigenvalue weighted by molar-refractivity contribution is 5.79. The molecule has 0 spiro atoms. The van der Waals surface area contributed by atoms with Crippen LogP contribution in [0.5, 0.6) is 0 Å². The lowest BCUT2D eigenvalue weighted by Gasteiger charge is -2.25. The highest BCUT2D eigenvalue weighted by atomic mass is 16.4.